The van der Waals surface area contributed by atoms with Crippen molar-refractivity contribution in [2.45, 2.75) is 33.1 Å². The molecule has 0 spiro atoms. The zero-order valence-electron chi connectivity index (χ0n) is 15.7. The van der Waals surface area contributed by atoms with Crippen molar-refractivity contribution >= 4 is 32.5 Å². The Labute approximate surface area is 167 Å². The van der Waals surface area contributed by atoms with E-state index in [2.05, 4.69) is 13.8 Å². The van der Waals surface area contributed by atoms with Crippen LogP contribution in [-0.4, -0.2) is 18.4 Å². The summed E-state index contributed by atoms with van der Waals surface area (Å²) in [4.78, 5) is 25.8. The molecule has 0 aromatic heterocycles. The van der Waals surface area contributed by atoms with Gasteiger partial charge in [-0.2, -0.15) is 0 Å². The van der Waals surface area contributed by atoms with Crippen LogP contribution >= 0.6 is 20.7 Å². The van der Waals surface area contributed by atoms with E-state index in [-0.39, 0.29) is 5.78 Å². The molecule has 0 bridgehead atoms. The van der Waals surface area contributed by atoms with Crippen molar-refractivity contribution in [3.63, 3.8) is 0 Å². The molecule has 27 heavy (non-hydrogen) atoms. The Bertz CT molecular complexity index is 742. The van der Waals surface area contributed by atoms with Gasteiger partial charge in [-0.1, -0.05) is 67.9 Å². The van der Waals surface area contributed by atoms with Gasteiger partial charge in [0.2, 0.25) is 0 Å². The zero-order valence-corrected chi connectivity index (χ0v) is 17.5. The lowest BCUT2D eigenvalue weighted by molar-refractivity contribution is -0.144. The second-order valence-corrected chi connectivity index (χ2v) is 6.90. The third kappa shape index (κ3) is 6.57. The number of ether oxygens (including phenoxy) is 1. The molecule has 0 saturated carbocycles. The first-order chi connectivity index (χ1) is 12.9. The first-order valence-corrected chi connectivity index (χ1v) is 9.41. The van der Waals surface area contributed by atoms with Gasteiger partial charge in [-0.3, -0.25) is 14.2 Å². The van der Waals surface area contributed by atoms with Crippen molar-refractivity contribution < 1.29 is 18.9 Å². The molecule has 0 aliphatic carbocycles. The summed E-state index contributed by atoms with van der Waals surface area (Å²) in [6.07, 6.45) is 0.757. The smallest absolute Gasteiger partial charge is 0.321 e. The second-order valence-electron chi connectivity index (χ2n) is 6.49. The van der Waals surface area contributed by atoms with Gasteiger partial charge >= 0.3 is 5.97 Å². The number of Topliss-reactive ketones (excluding diaryl/α,β-unsaturated/α-hetero) is 1. The molecule has 4 nitrogen and oxygen atoms in total. The van der Waals surface area contributed by atoms with Gasteiger partial charge in [0.15, 0.2) is 5.78 Å². The lowest BCUT2D eigenvalue weighted by atomic mass is 9.89. The van der Waals surface area contributed by atoms with E-state index in [1.807, 2.05) is 19.1 Å². The molecule has 2 rings (SSSR count). The van der Waals surface area contributed by atoms with Crippen LogP contribution < -0.4 is 0 Å². The summed E-state index contributed by atoms with van der Waals surface area (Å²) >= 11 is 6.23. The lowest BCUT2D eigenvalue weighted by Gasteiger charge is -2.18. The topological polar surface area (TPSA) is 60.4 Å². The largest absolute Gasteiger partial charge is 0.465 e. The maximum atomic E-state index is 13.1. The highest BCUT2D eigenvalue weighted by Gasteiger charge is 2.32. The van der Waals surface area contributed by atoms with Gasteiger partial charge < -0.3 is 4.74 Å². The van der Waals surface area contributed by atoms with Crippen LogP contribution in [0.3, 0.4) is 0 Å². The van der Waals surface area contributed by atoms with E-state index in [4.69, 9.17) is 20.9 Å². The minimum Gasteiger partial charge on any atom is -0.465 e. The molecule has 0 amide bonds. The predicted molar refractivity (Wildman–Crippen MR) is 109 cm³/mol. The first kappa shape index (κ1) is 23.0. The van der Waals surface area contributed by atoms with E-state index >= 15 is 0 Å². The number of ketones is 1. The number of halogens is 1. The maximum Gasteiger partial charge on any atom is 0.321 e. The Balaban J connectivity index is 0.00000176. The van der Waals surface area contributed by atoms with Crippen molar-refractivity contribution in [3.8, 4) is 0 Å². The molecule has 2 aromatic rings. The Morgan fingerprint density at radius 3 is 2.22 bits per heavy atom. The van der Waals surface area contributed by atoms with Crippen LogP contribution in [0.15, 0.2) is 48.5 Å². The molecule has 144 valence electrons. The van der Waals surface area contributed by atoms with Crippen LogP contribution in [0.2, 0.25) is 5.02 Å². The summed E-state index contributed by atoms with van der Waals surface area (Å²) in [6, 6.07) is 14.2. The molecular formula is C21H24ClO4P. The number of aryl methyl sites for hydroxylation is 1. The Morgan fingerprint density at radius 1 is 1.04 bits per heavy atom. The number of hydrogen-bond acceptors (Lipinski definition) is 4. The van der Waals surface area contributed by atoms with Crippen molar-refractivity contribution in [1.29, 1.82) is 0 Å². The second kappa shape index (κ2) is 11.6. The number of carbonyl (C=O) groups is 2. The molecule has 0 heterocycles. The van der Waals surface area contributed by atoms with Crippen LogP contribution in [0, 0.1) is 12.8 Å². The van der Waals surface area contributed by atoms with E-state index in [0.29, 0.717) is 28.7 Å². The Hall–Kier alpha value is -2.03. The lowest BCUT2D eigenvalue weighted by Crippen LogP contribution is -2.26. The van der Waals surface area contributed by atoms with Crippen molar-refractivity contribution in [3.05, 3.63) is 70.2 Å². The molecule has 0 saturated heterocycles. The van der Waals surface area contributed by atoms with Crippen LogP contribution in [0.4, 0.5) is 0 Å². The summed E-state index contributed by atoms with van der Waals surface area (Å²) in [7, 11) is 1.72. The first-order valence-electron chi connectivity index (χ1n) is 8.63. The monoisotopic (exact) mass is 406 g/mol. The minimum absolute atomic E-state index is 0.300. The van der Waals surface area contributed by atoms with E-state index in [1.165, 1.54) is 0 Å². The normalized spacial score (nSPS) is 11.3. The number of rotatable bonds is 7. The number of esters is 1. The van der Waals surface area contributed by atoms with Gasteiger partial charge in [-0.25, -0.2) is 0 Å². The van der Waals surface area contributed by atoms with Crippen LogP contribution in [0.5, 0.6) is 0 Å². The molecule has 1 unspecified atom stereocenters. The predicted octanol–water partition coefficient (Wildman–Crippen LogP) is 5.68. The molecule has 0 N–H and O–H groups in total. The average Bonchev–Trinajstić information content (AvgIpc) is 2.64. The van der Waals surface area contributed by atoms with Gasteiger partial charge in [-0.15, -0.1) is 0 Å². The molecule has 0 aliphatic rings. The van der Waals surface area contributed by atoms with Gasteiger partial charge in [0.05, 0.1) is 11.6 Å². The van der Waals surface area contributed by atoms with Crippen LogP contribution in [0.25, 0.3) is 0 Å². The highest BCUT2D eigenvalue weighted by molar-refractivity contribution is 7.00. The number of hydrogen-bond donors (Lipinski definition) is 0. The Morgan fingerprint density at radius 2 is 1.67 bits per heavy atom. The number of carbonyl (C=O) groups excluding carboxylic acids is 2. The summed E-state index contributed by atoms with van der Waals surface area (Å²) in [5.74, 6) is -1.45. The van der Waals surface area contributed by atoms with Crippen molar-refractivity contribution in [2.75, 3.05) is 6.61 Å². The van der Waals surface area contributed by atoms with Gasteiger partial charge in [0.1, 0.15) is 15.0 Å². The van der Waals surface area contributed by atoms with Crippen LogP contribution in [-0.2, 0) is 14.1 Å². The quantitative estimate of drug-likeness (QED) is 0.257. The molecular weight excluding hydrogens is 383 g/mol. The highest BCUT2D eigenvalue weighted by atomic mass is 35.5. The van der Waals surface area contributed by atoms with Crippen molar-refractivity contribution in [2.24, 2.45) is 5.92 Å². The molecule has 0 fully saturated rings. The number of benzene rings is 2. The maximum absolute atomic E-state index is 13.1. The van der Waals surface area contributed by atoms with E-state index in [0.717, 1.165) is 12.0 Å². The van der Waals surface area contributed by atoms with Gasteiger partial charge in [0.25, 0.3) is 0 Å². The van der Waals surface area contributed by atoms with Gasteiger partial charge in [0, 0.05) is 5.56 Å². The highest BCUT2D eigenvalue weighted by Crippen LogP contribution is 2.28. The summed E-state index contributed by atoms with van der Waals surface area (Å²) in [5.41, 5.74) is 1.73. The molecule has 6 heteroatoms. The zero-order chi connectivity index (χ0) is 20.4. The van der Waals surface area contributed by atoms with Crippen LogP contribution in [0.1, 0.15) is 47.7 Å². The third-order valence-corrected chi connectivity index (χ3v) is 4.35. The molecule has 1 atom stereocenters. The average molecular weight is 407 g/mol. The third-order valence-electron chi connectivity index (χ3n) is 4.04. The standard InChI is InChI=1S/C21H23ClO3.HOP/c1-14(2)12-13-25-21(24)19(16-9-5-4-6-10-16)20(23)18-15(3)8-7-11-17(18)22;1-2/h4-11,14,19H,12-13H2,1-3H3;2H. The fourth-order valence-corrected chi connectivity index (χ4v) is 2.92. The summed E-state index contributed by atoms with van der Waals surface area (Å²) < 4.78 is 13.4. The fraction of sp³-hybridized carbons (Fsp3) is 0.333. The molecule has 0 aliphatic heterocycles. The summed E-state index contributed by atoms with van der Waals surface area (Å²) in [6.45, 7) is 6.22. The van der Waals surface area contributed by atoms with Crippen molar-refractivity contribution in [1.82, 2.24) is 0 Å². The van der Waals surface area contributed by atoms with E-state index in [1.54, 1.807) is 45.5 Å². The van der Waals surface area contributed by atoms with Gasteiger partial charge in [-0.05, 0) is 36.5 Å². The SMILES string of the molecule is Cc1cccc(Cl)c1C(=O)C(C(=O)OCCC(C)C)c1ccccc1.O=P. The molecule has 0 radical (unpaired) electrons. The molecule has 2 aromatic carbocycles. The Kier molecular flexibility index (Phi) is 9.92. The minimum atomic E-state index is -1.01. The summed E-state index contributed by atoms with van der Waals surface area (Å²) in [5, 5.41) is 0.348. The fourth-order valence-electron chi connectivity index (χ4n) is 2.61. The van der Waals surface area contributed by atoms with E-state index < -0.39 is 11.9 Å². The van der Waals surface area contributed by atoms with E-state index in [9.17, 15) is 9.59 Å².